The summed E-state index contributed by atoms with van der Waals surface area (Å²) in [5, 5.41) is 4.23. The summed E-state index contributed by atoms with van der Waals surface area (Å²) in [5.74, 6) is 0.652. The Morgan fingerprint density at radius 2 is 1.78 bits per heavy atom. The number of hydrogen-bond acceptors (Lipinski definition) is 6. The fraction of sp³-hybridized carbons (Fsp3) is 0.0435. The van der Waals surface area contributed by atoms with Gasteiger partial charge >= 0.3 is 5.69 Å². The molecule has 0 saturated carbocycles. The largest absolute Gasteiger partial charge is 0.497 e. The average Bonchev–Trinajstić information content (AvgIpc) is 3.30. The molecule has 5 aromatic rings. The molecule has 32 heavy (non-hydrogen) atoms. The second-order valence-electron chi connectivity index (χ2n) is 6.96. The van der Waals surface area contributed by atoms with Gasteiger partial charge in [-0.05, 0) is 54.6 Å². The van der Waals surface area contributed by atoms with Crippen molar-refractivity contribution in [2.45, 2.75) is 0 Å². The molecule has 9 heteroatoms. The molecule has 0 saturated heterocycles. The number of methoxy groups -OCH3 is 1. The number of rotatable bonds is 4. The van der Waals surface area contributed by atoms with Crippen molar-refractivity contribution in [3.05, 3.63) is 93.4 Å². The van der Waals surface area contributed by atoms with E-state index in [2.05, 4.69) is 15.1 Å². The first-order valence-corrected chi connectivity index (χ1v) is 9.57. The third-order valence-corrected chi connectivity index (χ3v) is 4.98. The molecule has 0 aliphatic rings. The molecule has 0 atom stereocenters. The minimum Gasteiger partial charge on any atom is -0.497 e. The van der Waals surface area contributed by atoms with Gasteiger partial charge < -0.3 is 14.2 Å². The molecule has 2 heterocycles. The van der Waals surface area contributed by atoms with E-state index >= 15 is 0 Å². The van der Waals surface area contributed by atoms with Crippen LogP contribution in [-0.2, 0) is 0 Å². The maximum Gasteiger partial charge on any atom is 0.333 e. The van der Waals surface area contributed by atoms with Crippen molar-refractivity contribution in [3.8, 4) is 34.3 Å². The summed E-state index contributed by atoms with van der Waals surface area (Å²) in [7, 11) is 1.51. The van der Waals surface area contributed by atoms with Crippen molar-refractivity contribution >= 4 is 10.9 Å². The van der Waals surface area contributed by atoms with Gasteiger partial charge in [0.05, 0.1) is 23.7 Å². The number of fused-ring (bicyclic) bond motifs is 1. The molecule has 0 unspecified atom stereocenters. The highest BCUT2D eigenvalue weighted by Crippen LogP contribution is 2.24. The van der Waals surface area contributed by atoms with E-state index in [1.165, 1.54) is 19.2 Å². The Morgan fingerprint density at radius 3 is 2.56 bits per heavy atom. The van der Waals surface area contributed by atoms with Gasteiger partial charge in [0, 0.05) is 17.2 Å². The lowest BCUT2D eigenvalue weighted by molar-refractivity contribution is 0.414. The zero-order valence-corrected chi connectivity index (χ0v) is 16.7. The lowest BCUT2D eigenvalue weighted by atomic mass is 10.1. The number of benzene rings is 3. The van der Waals surface area contributed by atoms with E-state index in [-0.39, 0.29) is 11.7 Å². The van der Waals surface area contributed by atoms with Crippen LogP contribution in [0.4, 0.5) is 4.39 Å². The molecule has 3 aromatic carbocycles. The normalized spacial score (nSPS) is 11.1. The van der Waals surface area contributed by atoms with Crippen LogP contribution in [0.25, 0.3) is 39.4 Å². The van der Waals surface area contributed by atoms with Crippen LogP contribution in [0.1, 0.15) is 0 Å². The van der Waals surface area contributed by atoms with Crippen molar-refractivity contribution in [2.24, 2.45) is 0 Å². The zero-order valence-electron chi connectivity index (χ0n) is 16.7. The standard InChI is InChI=1S/C23H15FN4O4/c1-31-17-4-2-3-16(12-17)28-22(29)18-10-7-14(11-19(18)25-23(28)30)21-26-20(27-32-21)13-5-8-15(24)9-6-13/h2-12H,1H3,(H,25,30). The molecule has 0 aliphatic carbocycles. The Labute approximate surface area is 179 Å². The molecule has 0 radical (unpaired) electrons. The van der Waals surface area contributed by atoms with E-state index in [9.17, 15) is 14.0 Å². The summed E-state index contributed by atoms with van der Waals surface area (Å²) in [6, 6.07) is 17.2. The van der Waals surface area contributed by atoms with E-state index in [0.29, 0.717) is 39.3 Å². The van der Waals surface area contributed by atoms with E-state index in [1.807, 2.05) is 0 Å². The van der Waals surface area contributed by atoms with Crippen LogP contribution in [0.5, 0.6) is 5.75 Å². The quantitative estimate of drug-likeness (QED) is 0.468. The number of aromatic nitrogens is 4. The molecular formula is C23H15FN4O4. The van der Waals surface area contributed by atoms with Crippen LogP contribution < -0.4 is 16.0 Å². The van der Waals surface area contributed by atoms with Gasteiger partial charge in [0.25, 0.3) is 11.4 Å². The van der Waals surface area contributed by atoms with E-state index < -0.39 is 11.2 Å². The highest BCUT2D eigenvalue weighted by Gasteiger charge is 2.15. The molecule has 158 valence electrons. The highest BCUT2D eigenvalue weighted by molar-refractivity contribution is 5.82. The van der Waals surface area contributed by atoms with E-state index in [1.54, 1.807) is 54.6 Å². The van der Waals surface area contributed by atoms with Gasteiger partial charge in [-0.25, -0.2) is 13.8 Å². The van der Waals surface area contributed by atoms with Crippen LogP contribution in [0, 0.1) is 5.82 Å². The number of halogens is 1. The highest BCUT2D eigenvalue weighted by atomic mass is 19.1. The molecule has 8 nitrogen and oxygen atoms in total. The minimum absolute atomic E-state index is 0.198. The minimum atomic E-state index is -0.592. The fourth-order valence-corrected chi connectivity index (χ4v) is 3.39. The van der Waals surface area contributed by atoms with Gasteiger partial charge in [-0.1, -0.05) is 11.2 Å². The predicted molar refractivity (Wildman–Crippen MR) is 115 cm³/mol. The van der Waals surface area contributed by atoms with Crippen molar-refractivity contribution in [1.82, 2.24) is 19.7 Å². The molecule has 1 N–H and O–H groups in total. The van der Waals surface area contributed by atoms with Gasteiger partial charge in [-0.2, -0.15) is 4.98 Å². The van der Waals surface area contributed by atoms with E-state index in [4.69, 9.17) is 9.26 Å². The summed E-state index contributed by atoms with van der Waals surface area (Å²) in [6.07, 6.45) is 0. The Hall–Kier alpha value is -4.53. The maximum absolute atomic E-state index is 13.1. The number of ether oxygens (including phenoxy) is 1. The Kier molecular flexibility index (Phi) is 4.63. The monoisotopic (exact) mass is 430 g/mol. The molecular weight excluding hydrogens is 415 g/mol. The summed E-state index contributed by atoms with van der Waals surface area (Å²) in [4.78, 5) is 32.8. The van der Waals surface area contributed by atoms with Gasteiger partial charge in [0.1, 0.15) is 11.6 Å². The first-order valence-electron chi connectivity index (χ1n) is 9.57. The summed E-state index contributed by atoms with van der Waals surface area (Å²) in [6.45, 7) is 0. The van der Waals surface area contributed by atoms with Crippen LogP contribution >= 0.6 is 0 Å². The lowest BCUT2D eigenvalue weighted by Crippen LogP contribution is -2.33. The molecule has 5 rings (SSSR count). The van der Waals surface area contributed by atoms with Crippen molar-refractivity contribution < 1.29 is 13.7 Å². The van der Waals surface area contributed by atoms with Crippen LogP contribution in [0.2, 0.25) is 0 Å². The van der Waals surface area contributed by atoms with Crippen LogP contribution in [0.15, 0.2) is 80.8 Å². The van der Waals surface area contributed by atoms with Crippen LogP contribution in [0.3, 0.4) is 0 Å². The number of hydrogen-bond donors (Lipinski definition) is 1. The van der Waals surface area contributed by atoms with Crippen molar-refractivity contribution in [2.75, 3.05) is 7.11 Å². The molecule has 0 spiro atoms. The maximum atomic E-state index is 13.1. The van der Waals surface area contributed by atoms with Crippen molar-refractivity contribution in [1.29, 1.82) is 0 Å². The molecule has 0 amide bonds. The molecule has 2 aromatic heterocycles. The number of H-pyrrole nitrogens is 1. The summed E-state index contributed by atoms with van der Waals surface area (Å²) >= 11 is 0. The zero-order chi connectivity index (χ0) is 22.2. The van der Waals surface area contributed by atoms with Gasteiger partial charge in [-0.15, -0.1) is 0 Å². The van der Waals surface area contributed by atoms with E-state index in [0.717, 1.165) is 4.57 Å². The number of nitrogens with one attached hydrogen (secondary N) is 1. The molecule has 0 bridgehead atoms. The average molecular weight is 430 g/mol. The third-order valence-electron chi connectivity index (χ3n) is 4.98. The topological polar surface area (TPSA) is 103 Å². The predicted octanol–water partition coefficient (Wildman–Crippen LogP) is 3.54. The smallest absolute Gasteiger partial charge is 0.333 e. The second-order valence-corrected chi connectivity index (χ2v) is 6.96. The first-order chi connectivity index (χ1) is 15.5. The Balaban J connectivity index is 1.58. The third kappa shape index (κ3) is 3.35. The van der Waals surface area contributed by atoms with Crippen molar-refractivity contribution in [3.63, 3.8) is 0 Å². The SMILES string of the molecule is COc1cccc(-n2c(=O)[nH]c3cc(-c4nc(-c5ccc(F)cc5)no4)ccc3c2=O)c1. The summed E-state index contributed by atoms with van der Waals surface area (Å²) < 4.78 is 24.7. The molecule has 0 aliphatic heterocycles. The summed E-state index contributed by atoms with van der Waals surface area (Å²) in [5.41, 5.74) is 0.774. The fourth-order valence-electron chi connectivity index (χ4n) is 3.39. The van der Waals surface area contributed by atoms with Gasteiger partial charge in [-0.3, -0.25) is 4.79 Å². The number of nitrogens with zero attached hydrogens (tertiary/aromatic N) is 3. The Bertz CT molecular complexity index is 1570. The lowest BCUT2D eigenvalue weighted by Gasteiger charge is -2.08. The van der Waals surface area contributed by atoms with Gasteiger partial charge in [0.2, 0.25) is 5.82 Å². The Morgan fingerprint density at radius 1 is 1.00 bits per heavy atom. The first kappa shape index (κ1) is 19.4. The second kappa shape index (κ2) is 7.62. The number of aromatic amines is 1. The van der Waals surface area contributed by atoms with Gasteiger partial charge in [0.15, 0.2) is 0 Å². The molecule has 0 fully saturated rings. The van der Waals surface area contributed by atoms with Crippen LogP contribution in [-0.4, -0.2) is 26.8 Å².